The molecular formula is C13H23N3O3S. The lowest BCUT2D eigenvalue weighted by atomic mass is 10.1. The number of sulfonamides is 1. The Kier molecular flexibility index (Phi) is 4.53. The van der Waals surface area contributed by atoms with Gasteiger partial charge in [0.2, 0.25) is 10.0 Å². The summed E-state index contributed by atoms with van der Waals surface area (Å²) in [5.41, 5.74) is 0.595. The van der Waals surface area contributed by atoms with Gasteiger partial charge in [-0.05, 0) is 32.5 Å². The van der Waals surface area contributed by atoms with E-state index in [1.807, 2.05) is 7.05 Å². The van der Waals surface area contributed by atoms with E-state index in [1.54, 1.807) is 30.9 Å². The summed E-state index contributed by atoms with van der Waals surface area (Å²) in [4.78, 5) is 2.41. The molecule has 1 saturated heterocycles. The number of likely N-dealkylation sites (N-methyl/N-ethyl adjacent to an activating group) is 2. The van der Waals surface area contributed by atoms with Gasteiger partial charge in [-0.1, -0.05) is 0 Å². The van der Waals surface area contributed by atoms with Gasteiger partial charge in [0.1, 0.15) is 4.90 Å². The third-order valence-corrected chi connectivity index (χ3v) is 5.91. The van der Waals surface area contributed by atoms with E-state index in [9.17, 15) is 13.5 Å². The molecule has 1 aromatic heterocycles. The second-order valence-electron chi connectivity index (χ2n) is 5.52. The Morgan fingerprint density at radius 3 is 2.70 bits per heavy atom. The van der Waals surface area contributed by atoms with E-state index in [0.717, 1.165) is 25.9 Å². The smallest absolute Gasteiger partial charge is 0.244 e. The Hall–Kier alpha value is -0.890. The van der Waals surface area contributed by atoms with E-state index in [-0.39, 0.29) is 17.5 Å². The molecule has 1 aliphatic heterocycles. The van der Waals surface area contributed by atoms with Crippen molar-refractivity contribution in [2.75, 3.05) is 27.2 Å². The molecule has 6 nitrogen and oxygen atoms in total. The first kappa shape index (κ1) is 15.5. The van der Waals surface area contributed by atoms with Crippen LogP contribution >= 0.6 is 0 Å². The van der Waals surface area contributed by atoms with Crippen LogP contribution in [0.1, 0.15) is 18.5 Å². The van der Waals surface area contributed by atoms with Crippen molar-refractivity contribution in [2.45, 2.75) is 30.4 Å². The lowest BCUT2D eigenvalue weighted by molar-refractivity contribution is 0.187. The Labute approximate surface area is 120 Å². The van der Waals surface area contributed by atoms with Crippen molar-refractivity contribution in [3.63, 3.8) is 0 Å². The number of likely N-dealkylation sites (tertiary alicyclic amines) is 1. The number of hydrogen-bond donors (Lipinski definition) is 1. The highest BCUT2D eigenvalue weighted by Gasteiger charge is 2.31. The molecule has 0 aliphatic carbocycles. The van der Waals surface area contributed by atoms with Gasteiger partial charge in [0.05, 0.1) is 6.61 Å². The van der Waals surface area contributed by atoms with Gasteiger partial charge in [-0.2, -0.15) is 4.31 Å². The maximum absolute atomic E-state index is 12.6. The highest BCUT2D eigenvalue weighted by atomic mass is 32.2. The zero-order valence-corrected chi connectivity index (χ0v) is 13.1. The molecule has 1 aromatic rings. The van der Waals surface area contributed by atoms with E-state index >= 15 is 0 Å². The van der Waals surface area contributed by atoms with Gasteiger partial charge in [-0.25, -0.2) is 8.42 Å². The average molecular weight is 301 g/mol. The van der Waals surface area contributed by atoms with Crippen LogP contribution in [0.5, 0.6) is 0 Å². The van der Waals surface area contributed by atoms with Crippen LogP contribution in [0.15, 0.2) is 17.2 Å². The number of hydrogen-bond acceptors (Lipinski definition) is 4. The highest BCUT2D eigenvalue weighted by Crippen LogP contribution is 2.23. The van der Waals surface area contributed by atoms with Gasteiger partial charge in [0.15, 0.2) is 0 Å². The molecule has 1 N–H and O–H groups in total. The summed E-state index contributed by atoms with van der Waals surface area (Å²) in [6.07, 6.45) is 3.46. The number of aliphatic hydroxyl groups excluding tert-OH is 1. The quantitative estimate of drug-likeness (QED) is 0.865. The fourth-order valence-electron chi connectivity index (χ4n) is 2.67. The fraction of sp³-hybridized carbons (Fsp3) is 0.692. The van der Waals surface area contributed by atoms with Gasteiger partial charge in [0.25, 0.3) is 0 Å². The number of aryl methyl sites for hydroxylation is 1. The zero-order valence-electron chi connectivity index (χ0n) is 12.3. The topological polar surface area (TPSA) is 65.8 Å². The third-order valence-electron chi connectivity index (χ3n) is 4.04. The van der Waals surface area contributed by atoms with Gasteiger partial charge in [0, 0.05) is 38.6 Å². The molecule has 114 valence electrons. The molecule has 0 aromatic carbocycles. The van der Waals surface area contributed by atoms with Gasteiger partial charge in [-0.3, -0.25) is 0 Å². The summed E-state index contributed by atoms with van der Waals surface area (Å²) in [5.74, 6) is 0. The van der Waals surface area contributed by atoms with E-state index in [0.29, 0.717) is 5.69 Å². The van der Waals surface area contributed by atoms with Crippen molar-refractivity contribution < 1.29 is 13.5 Å². The molecule has 20 heavy (non-hydrogen) atoms. The van der Waals surface area contributed by atoms with E-state index in [1.165, 1.54) is 4.31 Å². The fourth-order valence-corrected chi connectivity index (χ4v) is 4.15. The summed E-state index contributed by atoms with van der Waals surface area (Å²) in [6, 6.07) is 1.55. The van der Waals surface area contributed by atoms with E-state index in [2.05, 4.69) is 4.90 Å². The molecule has 1 unspecified atom stereocenters. The monoisotopic (exact) mass is 301 g/mol. The molecule has 2 rings (SSSR count). The molecule has 0 saturated carbocycles. The van der Waals surface area contributed by atoms with Crippen LogP contribution in [0.4, 0.5) is 0 Å². The van der Waals surface area contributed by atoms with Crippen LogP contribution in [-0.2, 0) is 23.7 Å². The molecule has 0 spiro atoms. The van der Waals surface area contributed by atoms with Crippen molar-refractivity contribution in [1.29, 1.82) is 0 Å². The maximum atomic E-state index is 12.6. The van der Waals surface area contributed by atoms with Crippen LogP contribution in [0.25, 0.3) is 0 Å². The first-order chi connectivity index (χ1) is 9.36. The predicted molar refractivity (Wildman–Crippen MR) is 76.8 cm³/mol. The summed E-state index contributed by atoms with van der Waals surface area (Å²) in [6.45, 7) is 1.61. The van der Waals surface area contributed by atoms with Crippen molar-refractivity contribution in [3.8, 4) is 0 Å². The molecule has 0 radical (unpaired) electrons. The molecule has 0 bridgehead atoms. The van der Waals surface area contributed by atoms with Crippen LogP contribution in [-0.4, -0.2) is 60.5 Å². The number of piperidine rings is 1. The Balaban J connectivity index is 2.24. The Bertz CT molecular complexity index is 567. The number of aromatic nitrogens is 1. The summed E-state index contributed by atoms with van der Waals surface area (Å²) in [5, 5.41) is 9.18. The predicted octanol–water partition coefficient (Wildman–Crippen LogP) is 0.232. The first-order valence-electron chi connectivity index (χ1n) is 6.79. The minimum atomic E-state index is -3.50. The van der Waals surface area contributed by atoms with Gasteiger partial charge < -0.3 is 14.6 Å². The molecule has 2 heterocycles. The van der Waals surface area contributed by atoms with Gasteiger partial charge >= 0.3 is 0 Å². The Morgan fingerprint density at radius 2 is 2.15 bits per heavy atom. The summed E-state index contributed by atoms with van der Waals surface area (Å²) in [7, 11) is 1.89. The number of nitrogens with zero attached hydrogens (tertiary/aromatic N) is 3. The second kappa shape index (κ2) is 5.85. The molecule has 7 heteroatoms. The lowest BCUT2D eigenvalue weighted by Crippen LogP contribution is -2.47. The minimum absolute atomic E-state index is 0.0107. The van der Waals surface area contributed by atoms with Crippen LogP contribution in [0, 0.1) is 0 Å². The summed E-state index contributed by atoms with van der Waals surface area (Å²) >= 11 is 0. The molecule has 0 amide bonds. The zero-order chi connectivity index (χ0) is 14.9. The first-order valence-corrected chi connectivity index (χ1v) is 8.23. The van der Waals surface area contributed by atoms with E-state index < -0.39 is 10.0 Å². The van der Waals surface area contributed by atoms with Crippen LogP contribution < -0.4 is 0 Å². The largest absolute Gasteiger partial charge is 0.390 e. The lowest BCUT2D eigenvalue weighted by Gasteiger charge is -2.34. The maximum Gasteiger partial charge on any atom is 0.244 e. The van der Waals surface area contributed by atoms with Crippen LogP contribution in [0.2, 0.25) is 0 Å². The average Bonchev–Trinajstić information content (AvgIpc) is 2.79. The second-order valence-corrected chi connectivity index (χ2v) is 7.51. The SMILES string of the molecule is CN1CCCC(N(C)S(=O)(=O)c2cc(CO)n(C)c2)C1. The molecular weight excluding hydrogens is 278 g/mol. The normalized spacial score (nSPS) is 21.6. The van der Waals surface area contributed by atoms with Gasteiger partial charge in [-0.15, -0.1) is 0 Å². The third kappa shape index (κ3) is 2.90. The van der Waals surface area contributed by atoms with E-state index in [4.69, 9.17) is 0 Å². The van der Waals surface area contributed by atoms with Crippen molar-refractivity contribution in [2.24, 2.45) is 7.05 Å². The van der Waals surface area contributed by atoms with Crippen LogP contribution in [0.3, 0.4) is 0 Å². The Morgan fingerprint density at radius 1 is 1.45 bits per heavy atom. The number of aliphatic hydroxyl groups is 1. The molecule has 1 aliphatic rings. The summed E-state index contributed by atoms with van der Waals surface area (Å²) < 4.78 is 28.4. The van der Waals surface area contributed by atoms with Crippen molar-refractivity contribution in [1.82, 2.24) is 13.8 Å². The number of rotatable bonds is 4. The standard InChI is InChI=1S/C13H23N3O3S/c1-14-6-4-5-11(8-14)16(3)20(18,19)13-7-12(10-17)15(2)9-13/h7,9,11,17H,4-6,8,10H2,1-3H3. The molecule has 1 atom stereocenters. The molecule has 1 fully saturated rings. The van der Waals surface area contributed by atoms with Crippen molar-refractivity contribution >= 4 is 10.0 Å². The van der Waals surface area contributed by atoms with Crippen molar-refractivity contribution in [3.05, 3.63) is 18.0 Å². The minimum Gasteiger partial charge on any atom is -0.390 e. The highest BCUT2D eigenvalue weighted by molar-refractivity contribution is 7.89.